The molecule has 474 valence electrons. The normalized spacial score (nSPS) is 12.5. The summed E-state index contributed by atoms with van der Waals surface area (Å²) >= 11 is 0. The molecule has 1 fully saturated rings. The third-order valence-electron chi connectivity index (χ3n) is 14.2. The number of benzene rings is 8. The summed E-state index contributed by atoms with van der Waals surface area (Å²) < 4.78 is 26.7. The van der Waals surface area contributed by atoms with E-state index < -0.39 is 0 Å². The second-order valence-corrected chi connectivity index (χ2v) is 21.2. The van der Waals surface area contributed by atoms with Gasteiger partial charge in [-0.25, -0.2) is 0 Å². The Morgan fingerprint density at radius 2 is 0.615 bits per heavy atom. The van der Waals surface area contributed by atoms with Gasteiger partial charge in [0.15, 0.2) is 0 Å². The number of hydrogen-bond donors (Lipinski definition) is 3. The average Bonchev–Trinajstić information content (AvgIpc) is 1.79. The number of hydrogen-bond acceptors (Lipinski definition) is 14. The molecule has 0 atom stereocenters. The van der Waals surface area contributed by atoms with Gasteiger partial charge in [0.2, 0.25) is 0 Å². The maximum atomic E-state index is 12.4. The Balaban J connectivity index is 0.000000231. The number of amides is 4. The maximum Gasteiger partial charge on any atom is 1.00 e. The fraction of sp³-hybridized carbons (Fsp3) is 0.297. The van der Waals surface area contributed by atoms with Gasteiger partial charge in [0, 0.05) is 58.9 Å². The van der Waals surface area contributed by atoms with Crippen molar-refractivity contribution in [3.05, 3.63) is 286 Å². The van der Waals surface area contributed by atoms with Crippen LogP contribution in [0.1, 0.15) is 76.2 Å². The van der Waals surface area contributed by atoms with E-state index in [9.17, 15) is 19.2 Å². The standard InChI is InChI=1S/C28H30N2O4.C20H27NO3.C16H19NO.C8H5NO2.C2H4O.K.H/c31-27-25-13-7-8-14-26(25)28(32)30(27)16-18-34-20-19-33-17-15-29(21-23-9-3-1-4-10-23)22-24-11-5-2-6-12-24;22-12-14-24-16-15-23-13-11-21(17-19-7-3-1-4-8-19)18-20-9-5-2-6-10-20;18-12-11-17(13-15-7-3-1-4-8-15)14-16-9-5-2-6-10-16;10-7-5-3-1-2-4-6(5)8(11)9-7;1-2-3-1;;/h1-14H,15-22H2;1-10,22H,11-18H2;1-10,18H,11-14H2;1-4H,(H,9,10,11);1-2H2;;/q;;;;;+1;-1. The van der Waals surface area contributed by atoms with Gasteiger partial charge in [-0.05, 0) is 57.6 Å². The molecule has 3 N–H and O–H groups in total. The molecule has 3 aliphatic rings. The van der Waals surface area contributed by atoms with Gasteiger partial charge in [0.25, 0.3) is 23.6 Å². The van der Waals surface area contributed by atoms with Gasteiger partial charge in [0.05, 0.1) is 108 Å². The predicted octanol–water partition coefficient (Wildman–Crippen LogP) is 7.12. The first kappa shape index (κ1) is 73.3. The molecule has 11 rings (SSSR count). The topological polar surface area (TPSA) is 183 Å². The van der Waals surface area contributed by atoms with E-state index in [4.69, 9.17) is 29.2 Å². The van der Waals surface area contributed by atoms with Crippen molar-refractivity contribution in [2.75, 3.05) is 105 Å². The molecule has 17 heteroatoms. The number of ether oxygens (including phenoxy) is 5. The molecule has 1 saturated heterocycles. The van der Waals surface area contributed by atoms with Crippen molar-refractivity contribution in [2.45, 2.75) is 39.3 Å². The number of imide groups is 2. The molecule has 8 aromatic rings. The quantitative estimate of drug-likeness (QED) is 0.0173. The van der Waals surface area contributed by atoms with Gasteiger partial charge in [-0.3, -0.25) is 44.1 Å². The van der Waals surface area contributed by atoms with E-state index in [1.54, 1.807) is 48.5 Å². The summed E-state index contributed by atoms with van der Waals surface area (Å²) in [4.78, 5) is 54.9. The SMILES string of the molecule is C1CO1.O=C1NC(=O)c2ccccc21.O=C1c2ccccc2C(=O)N1CCOCCOCCN(Cc1ccccc1)Cc1ccccc1.OCCN(Cc1ccccc1)Cc1ccccc1.OCCOCCOCCN(Cc1ccccc1)Cc1ccccc1.[H-].[K+]. The molecule has 0 unspecified atom stereocenters. The number of rotatable bonds is 31. The first-order valence-electron chi connectivity index (χ1n) is 30.7. The zero-order chi connectivity index (χ0) is 63.1. The molecule has 0 saturated carbocycles. The van der Waals surface area contributed by atoms with Gasteiger partial charge >= 0.3 is 51.4 Å². The van der Waals surface area contributed by atoms with E-state index in [1.165, 1.54) is 38.3 Å². The largest absolute Gasteiger partial charge is 1.00 e. The number of aliphatic hydroxyl groups is 2. The molecule has 91 heavy (non-hydrogen) atoms. The molecule has 3 aliphatic heterocycles. The molecule has 0 bridgehead atoms. The van der Waals surface area contributed by atoms with Crippen LogP contribution in [0.25, 0.3) is 0 Å². The van der Waals surface area contributed by atoms with Crippen molar-refractivity contribution in [3.63, 3.8) is 0 Å². The second-order valence-electron chi connectivity index (χ2n) is 21.2. The second kappa shape index (κ2) is 43.9. The fourth-order valence-electron chi connectivity index (χ4n) is 9.64. The van der Waals surface area contributed by atoms with Crippen molar-refractivity contribution in [1.82, 2.24) is 24.9 Å². The van der Waals surface area contributed by atoms with Gasteiger partial charge in [-0.15, -0.1) is 0 Å². The number of aliphatic hydroxyl groups excluding tert-OH is 2. The Kier molecular flexibility index (Phi) is 35.4. The van der Waals surface area contributed by atoms with Gasteiger partial charge in [-0.1, -0.05) is 206 Å². The van der Waals surface area contributed by atoms with Crippen LogP contribution < -0.4 is 56.7 Å². The predicted molar refractivity (Wildman–Crippen MR) is 350 cm³/mol. The molecular weight excluding hydrogens is 1170 g/mol. The van der Waals surface area contributed by atoms with Crippen molar-refractivity contribution < 1.29 is 106 Å². The Morgan fingerprint density at radius 3 is 0.901 bits per heavy atom. The van der Waals surface area contributed by atoms with Crippen molar-refractivity contribution >= 4 is 23.6 Å². The summed E-state index contributed by atoms with van der Waals surface area (Å²) in [5.74, 6) is -1.11. The third kappa shape index (κ3) is 28.4. The zero-order valence-electron chi connectivity index (χ0n) is 53.4. The molecule has 16 nitrogen and oxygen atoms in total. The molecular formula is C74H86KN5O11. The first-order valence-corrected chi connectivity index (χ1v) is 30.7. The molecule has 4 amide bonds. The molecule has 0 aliphatic carbocycles. The fourth-order valence-corrected chi connectivity index (χ4v) is 9.64. The number of nitrogens with zero attached hydrogens (tertiary/aromatic N) is 4. The number of fused-ring (bicyclic) bond motifs is 2. The summed E-state index contributed by atoms with van der Waals surface area (Å²) in [6.07, 6.45) is 0. The smallest absolute Gasteiger partial charge is 1.00 e. The molecule has 0 aromatic heterocycles. The molecule has 0 spiro atoms. The summed E-state index contributed by atoms with van der Waals surface area (Å²) in [6, 6.07) is 76.2. The third-order valence-corrected chi connectivity index (χ3v) is 14.2. The van der Waals surface area contributed by atoms with Gasteiger partial charge < -0.3 is 35.3 Å². The van der Waals surface area contributed by atoms with Gasteiger partial charge in [-0.2, -0.15) is 0 Å². The Bertz CT molecular complexity index is 3100. The molecule has 0 radical (unpaired) electrons. The van der Waals surface area contributed by atoms with Crippen LogP contribution in [0.3, 0.4) is 0 Å². The summed E-state index contributed by atoms with van der Waals surface area (Å²) in [5, 5.41) is 20.0. The number of carbonyl (C=O) groups is 4. The van der Waals surface area contributed by atoms with Crippen LogP contribution in [0, 0.1) is 0 Å². The van der Waals surface area contributed by atoms with Crippen LogP contribution in [0.2, 0.25) is 0 Å². The number of carbonyl (C=O) groups excluding carboxylic acids is 4. The van der Waals surface area contributed by atoms with Crippen molar-refractivity contribution in [2.24, 2.45) is 0 Å². The summed E-state index contributed by atoms with van der Waals surface area (Å²) in [6.45, 7) is 14.0. The minimum Gasteiger partial charge on any atom is -1.00 e. The van der Waals surface area contributed by atoms with Crippen molar-refractivity contribution in [1.29, 1.82) is 0 Å². The van der Waals surface area contributed by atoms with Crippen LogP contribution in [0.15, 0.2) is 231 Å². The van der Waals surface area contributed by atoms with E-state index in [1.807, 2.05) is 36.4 Å². The summed E-state index contributed by atoms with van der Waals surface area (Å²) in [7, 11) is 0. The minimum absolute atomic E-state index is 0. The first-order chi connectivity index (χ1) is 44.3. The van der Waals surface area contributed by atoms with Crippen molar-refractivity contribution in [3.8, 4) is 0 Å². The maximum absolute atomic E-state index is 12.4. The van der Waals surface area contributed by atoms with Crippen LogP contribution in [0.4, 0.5) is 0 Å². The summed E-state index contributed by atoms with van der Waals surface area (Å²) in [5.41, 5.74) is 9.58. The van der Waals surface area contributed by atoms with Crippen LogP contribution in [-0.4, -0.2) is 159 Å². The van der Waals surface area contributed by atoms with Crippen LogP contribution in [0.5, 0.6) is 0 Å². The molecule has 8 aromatic carbocycles. The zero-order valence-corrected chi connectivity index (χ0v) is 55.5. The van der Waals surface area contributed by atoms with E-state index in [2.05, 4.69) is 170 Å². The average molecular weight is 1260 g/mol. The minimum atomic E-state index is -0.300. The number of nitrogens with one attached hydrogen (secondary N) is 1. The molecule has 3 heterocycles. The van der Waals surface area contributed by atoms with Crippen LogP contribution in [-0.2, 0) is 63.0 Å². The van der Waals surface area contributed by atoms with E-state index >= 15 is 0 Å². The van der Waals surface area contributed by atoms with E-state index in [0.717, 1.165) is 65.6 Å². The Labute approximate surface area is 580 Å². The van der Waals surface area contributed by atoms with E-state index in [-0.39, 0.29) is 96.2 Å². The Morgan fingerprint density at radius 1 is 0.352 bits per heavy atom. The number of epoxide rings is 1. The Hall–Kier alpha value is -6.72. The monoisotopic (exact) mass is 1260 g/mol. The van der Waals surface area contributed by atoms with Crippen LogP contribution >= 0.6 is 0 Å². The van der Waals surface area contributed by atoms with Gasteiger partial charge in [0.1, 0.15) is 0 Å². The van der Waals surface area contributed by atoms with E-state index in [0.29, 0.717) is 81.7 Å².